The number of nitrogens with one attached hydrogen (secondary N) is 1. The maximum Gasteiger partial charge on any atom is 0.166 e. The Morgan fingerprint density at radius 2 is 1.92 bits per heavy atom. The molecule has 0 saturated carbocycles. The van der Waals surface area contributed by atoms with Crippen molar-refractivity contribution in [2.75, 3.05) is 19.5 Å². The topological polar surface area (TPSA) is 63.6 Å². The van der Waals surface area contributed by atoms with Crippen LogP contribution in [0.25, 0.3) is 10.9 Å². The number of benzene rings is 2. The summed E-state index contributed by atoms with van der Waals surface area (Å²) in [5.74, 6) is 1.06. The minimum atomic E-state index is -0.434. The summed E-state index contributed by atoms with van der Waals surface area (Å²) in [4.78, 5) is 4.32. The molecule has 0 unspecified atom stereocenters. The quantitative estimate of drug-likeness (QED) is 0.718. The van der Waals surface area contributed by atoms with Crippen LogP contribution < -0.4 is 14.8 Å². The number of nitrogens with zero attached hydrogens (tertiary/aromatic N) is 1. The Bertz CT molecular complexity index is 899. The van der Waals surface area contributed by atoms with Crippen LogP contribution in [-0.2, 0) is 13.2 Å². The lowest BCUT2D eigenvalue weighted by atomic mass is 10.1. The number of fused-ring (bicyclic) bond motifs is 1. The zero-order valence-electron chi connectivity index (χ0n) is 14.0. The van der Waals surface area contributed by atoms with Gasteiger partial charge in [-0.05, 0) is 29.8 Å². The van der Waals surface area contributed by atoms with Gasteiger partial charge in [0.05, 0.1) is 26.3 Å². The van der Waals surface area contributed by atoms with Crippen molar-refractivity contribution in [1.29, 1.82) is 0 Å². The van der Waals surface area contributed by atoms with Gasteiger partial charge in [0.25, 0.3) is 0 Å². The Morgan fingerprint density at radius 1 is 1.08 bits per heavy atom. The highest BCUT2D eigenvalue weighted by molar-refractivity contribution is 5.81. The zero-order chi connectivity index (χ0) is 17.8. The average Bonchev–Trinajstić information content (AvgIpc) is 2.65. The van der Waals surface area contributed by atoms with Crippen LogP contribution in [0.3, 0.4) is 0 Å². The maximum atomic E-state index is 14.3. The molecule has 0 saturated heterocycles. The number of hydrogen-bond donors (Lipinski definition) is 2. The third-order valence-corrected chi connectivity index (χ3v) is 3.96. The molecule has 6 heteroatoms. The highest BCUT2D eigenvalue weighted by atomic mass is 19.1. The van der Waals surface area contributed by atoms with Crippen molar-refractivity contribution in [3.05, 3.63) is 59.4 Å². The van der Waals surface area contributed by atoms with Crippen LogP contribution in [0.4, 0.5) is 10.2 Å². The second-order valence-corrected chi connectivity index (χ2v) is 5.54. The first-order chi connectivity index (χ1) is 12.1. The van der Waals surface area contributed by atoms with Crippen LogP contribution in [-0.4, -0.2) is 24.3 Å². The lowest BCUT2D eigenvalue weighted by Crippen LogP contribution is -2.05. The lowest BCUT2D eigenvalue weighted by molar-refractivity contribution is 0.282. The van der Waals surface area contributed by atoms with E-state index in [1.54, 1.807) is 38.5 Å². The molecule has 0 fully saturated rings. The SMILES string of the molecule is COc1ccc(CNc2nc3cc(CO)ccc3cc2F)c(OC)c1. The van der Waals surface area contributed by atoms with Crippen LogP contribution in [0.2, 0.25) is 0 Å². The standard InChI is InChI=1S/C19H19FN2O3/c1-24-15-6-5-14(18(9-15)25-2)10-21-19-16(20)8-13-4-3-12(11-23)7-17(13)22-19/h3-9,23H,10-11H2,1-2H3,(H,21,22). The van der Waals surface area contributed by atoms with Crippen molar-refractivity contribution in [2.45, 2.75) is 13.2 Å². The number of aromatic nitrogens is 1. The smallest absolute Gasteiger partial charge is 0.166 e. The molecule has 0 aliphatic carbocycles. The number of hydrogen-bond acceptors (Lipinski definition) is 5. The first kappa shape index (κ1) is 17.0. The average molecular weight is 342 g/mol. The van der Waals surface area contributed by atoms with E-state index < -0.39 is 5.82 Å². The van der Waals surface area contributed by atoms with Crippen LogP contribution >= 0.6 is 0 Å². The minimum absolute atomic E-state index is 0.0825. The predicted octanol–water partition coefficient (Wildman–Crippen LogP) is 3.50. The van der Waals surface area contributed by atoms with Gasteiger partial charge in [0.2, 0.25) is 0 Å². The molecule has 3 rings (SSSR count). The summed E-state index contributed by atoms with van der Waals surface area (Å²) in [5.41, 5.74) is 2.21. The molecule has 1 aromatic heterocycles. The molecular formula is C19H19FN2O3. The monoisotopic (exact) mass is 342 g/mol. The fourth-order valence-electron chi connectivity index (χ4n) is 2.59. The molecule has 25 heavy (non-hydrogen) atoms. The second-order valence-electron chi connectivity index (χ2n) is 5.54. The molecule has 3 aromatic rings. The van der Waals surface area contributed by atoms with Crippen molar-refractivity contribution in [3.8, 4) is 11.5 Å². The molecule has 5 nitrogen and oxygen atoms in total. The van der Waals surface area contributed by atoms with E-state index in [1.807, 2.05) is 12.1 Å². The van der Waals surface area contributed by atoms with Crippen LogP contribution in [0, 0.1) is 5.82 Å². The van der Waals surface area contributed by atoms with Crippen molar-refractivity contribution >= 4 is 16.7 Å². The molecule has 0 amide bonds. The van der Waals surface area contributed by atoms with Crippen molar-refractivity contribution in [3.63, 3.8) is 0 Å². The fourth-order valence-corrected chi connectivity index (χ4v) is 2.59. The van der Waals surface area contributed by atoms with Crippen LogP contribution in [0.15, 0.2) is 42.5 Å². The number of methoxy groups -OCH3 is 2. The summed E-state index contributed by atoms with van der Waals surface area (Å²) in [5, 5.41) is 12.9. The number of anilines is 1. The van der Waals surface area contributed by atoms with Gasteiger partial charge in [0.15, 0.2) is 11.6 Å². The molecule has 0 atom stereocenters. The number of aliphatic hydroxyl groups is 1. The second kappa shape index (κ2) is 7.36. The number of ether oxygens (including phenoxy) is 2. The van der Waals surface area contributed by atoms with E-state index in [2.05, 4.69) is 10.3 Å². The molecule has 0 bridgehead atoms. The van der Waals surface area contributed by atoms with E-state index in [4.69, 9.17) is 9.47 Å². The molecular weight excluding hydrogens is 323 g/mol. The Kier molecular flexibility index (Phi) is 5.00. The first-order valence-corrected chi connectivity index (χ1v) is 7.79. The summed E-state index contributed by atoms with van der Waals surface area (Å²) in [6, 6.07) is 12.1. The fraction of sp³-hybridized carbons (Fsp3) is 0.211. The summed E-state index contributed by atoms with van der Waals surface area (Å²) in [6.07, 6.45) is 0. The van der Waals surface area contributed by atoms with Gasteiger partial charge in [-0.25, -0.2) is 9.37 Å². The Labute approximate surface area is 145 Å². The van der Waals surface area contributed by atoms with Gasteiger partial charge >= 0.3 is 0 Å². The van der Waals surface area contributed by atoms with Gasteiger partial charge in [-0.1, -0.05) is 12.1 Å². The first-order valence-electron chi connectivity index (χ1n) is 7.79. The van der Waals surface area contributed by atoms with E-state index in [0.717, 1.165) is 11.1 Å². The highest BCUT2D eigenvalue weighted by Crippen LogP contribution is 2.26. The van der Waals surface area contributed by atoms with Gasteiger partial charge in [-0.15, -0.1) is 0 Å². The van der Waals surface area contributed by atoms with E-state index in [-0.39, 0.29) is 12.4 Å². The summed E-state index contributed by atoms with van der Waals surface area (Å²) in [7, 11) is 3.16. The Balaban J connectivity index is 1.86. The number of halogens is 1. The van der Waals surface area contributed by atoms with Crippen molar-refractivity contribution in [2.24, 2.45) is 0 Å². The number of pyridine rings is 1. The predicted molar refractivity (Wildman–Crippen MR) is 94.5 cm³/mol. The van der Waals surface area contributed by atoms with Gasteiger partial charge in [-0.2, -0.15) is 0 Å². The lowest BCUT2D eigenvalue weighted by Gasteiger charge is -2.12. The largest absolute Gasteiger partial charge is 0.497 e. The normalized spacial score (nSPS) is 10.7. The molecule has 0 radical (unpaired) electrons. The molecule has 0 aliphatic heterocycles. The van der Waals surface area contributed by atoms with Gasteiger partial charge in [0, 0.05) is 23.6 Å². The van der Waals surface area contributed by atoms with Crippen LogP contribution in [0.1, 0.15) is 11.1 Å². The van der Waals surface area contributed by atoms with Gasteiger partial charge in [-0.3, -0.25) is 0 Å². The molecule has 0 spiro atoms. The summed E-state index contributed by atoms with van der Waals surface area (Å²) < 4.78 is 24.8. The van der Waals surface area contributed by atoms with E-state index in [0.29, 0.717) is 28.9 Å². The number of rotatable bonds is 6. The highest BCUT2D eigenvalue weighted by Gasteiger charge is 2.10. The molecule has 2 N–H and O–H groups in total. The molecule has 0 aliphatic rings. The van der Waals surface area contributed by atoms with Crippen molar-refractivity contribution in [1.82, 2.24) is 4.98 Å². The molecule has 130 valence electrons. The zero-order valence-corrected chi connectivity index (χ0v) is 14.0. The minimum Gasteiger partial charge on any atom is -0.497 e. The Morgan fingerprint density at radius 3 is 2.64 bits per heavy atom. The van der Waals surface area contributed by atoms with E-state index in [9.17, 15) is 9.50 Å². The molecule has 1 heterocycles. The van der Waals surface area contributed by atoms with Gasteiger partial charge in [0.1, 0.15) is 11.5 Å². The Hall–Kier alpha value is -2.86. The summed E-state index contributed by atoms with van der Waals surface area (Å²) in [6.45, 7) is 0.267. The number of aliphatic hydroxyl groups excluding tert-OH is 1. The van der Waals surface area contributed by atoms with E-state index >= 15 is 0 Å². The third-order valence-electron chi connectivity index (χ3n) is 3.96. The van der Waals surface area contributed by atoms with Crippen LogP contribution in [0.5, 0.6) is 11.5 Å². The van der Waals surface area contributed by atoms with Crippen molar-refractivity contribution < 1.29 is 19.0 Å². The van der Waals surface area contributed by atoms with E-state index in [1.165, 1.54) is 6.07 Å². The third kappa shape index (κ3) is 3.64. The maximum absolute atomic E-state index is 14.3. The van der Waals surface area contributed by atoms with Gasteiger partial charge < -0.3 is 19.9 Å². The molecule has 2 aromatic carbocycles. The summed E-state index contributed by atoms with van der Waals surface area (Å²) >= 11 is 0.